The van der Waals surface area contributed by atoms with Gasteiger partial charge in [0.15, 0.2) is 0 Å². The molecule has 0 bridgehead atoms. The zero-order chi connectivity index (χ0) is 12.0. The van der Waals surface area contributed by atoms with Crippen LogP contribution >= 0.6 is 15.9 Å². The van der Waals surface area contributed by atoms with Gasteiger partial charge in [-0.25, -0.2) is 0 Å². The lowest BCUT2D eigenvalue weighted by atomic mass is 10.2. The molecule has 0 fully saturated rings. The minimum Gasteiger partial charge on any atom is -0.508 e. The van der Waals surface area contributed by atoms with Crippen LogP contribution in [0.1, 0.15) is 12.0 Å². The van der Waals surface area contributed by atoms with Crippen molar-refractivity contribution in [1.82, 2.24) is 4.90 Å². The lowest BCUT2D eigenvalue weighted by Crippen LogP contribution is -2.20. The highest BCUT2D eigenvalue weighted by Gasteiger charge is 2.05. The summed E-state index contributed by atoms with van der Waals surface area (Å²) < 4.78 is 6.04. The largest absolute Gasteiger partial charge is 0.508 e. The van der Waals surface area contributed by atoms with E-state index < -0.39 is 0 Å². The van der Waals surface area contributed by atoms with Gasteiger partial charge in [0, 0.05) is 31.3 Å². The zero-order valence-electron chi connectivity index (χ0n) is 9.74. The predicted octanol–water partition coefficient (Wildman–Crippen LogP) is 2.62. The van der Waals surface area contributed by atoms with Crippen LogP contribution in [0.2, 0.25) is 0 Å². The summed E-state index contributed by atoms with van der Waals surface area (Å²) in [7, 11) is 3.78. The van der Waals surface area contributed by atoms with Gasteiger partial charge in [-0.2, -0.15) is 0 Å². The minimum atomic E-state index is 0.309. The van der Waals surface area contributed by atoms with Crippen molar-refractivity contribution in [3.05, 3.63) is 28.2 Å². The topological polar surface area (TPSA) is 32.7 Å². The standard InChI is InChI=1S/C12H18BrNO2/c1-14(6-3-7-16-2)9-10-8-11(15)4-5-12(10)13/h4-5,8,15H,3,6-7,9H2,1-2H3. The van der Waals surface area contributed by atoms with Crippen molar-refractivity contribution < 1.29 is 9.84 Å². The van der Waals surface area contributed by atoms with Gasteiger partial charge >= 0.3 is 0 Å². The molecule has 0 aromatic heterocycles. The number of rotatable bonds is 6. The number of halogens is 1. The first-order valence-corrected chi connectivity index (χ1v) is 6.07. The Morgan fingerprint density at radius 2 is 2.19 bits per heavy atom. The maximum atomic E-state index is 9.41. The molecule has 0 saturated carbocycles. The maximum Gasteiger partial charge on any atom is 0.115 e. The minimum absolute atomic E-state index is 0.309. The summed E-state index contributed by atoms with van der Waals surface area (Å²) in [5, 5.41) is 9.41. The number of hydrogen-bond acceptors (Lipinski definition) is 3. The Morgan fingerprint density at radius 1 is 1.44 bits per heavy atom. The van der Waals surface area contributed by atoms with Crippen molar-refractivity contribution in [3.63, 3.8) is 0 Å². The van der Waals surface area contributed by atoms with E-state index in [0.29, 0.717) is 5.75 Å². The van der Waals surface area contributed by atoms with E-state index in [1.807, 2.05) is 6.07 Å². The molecule has 0 aliphatic heterocycles. The molecule has 1 rings (SSSR count). The first kappa shape index (κ1) is 13.5. The van der Waals surface area contributed by atoms with Crippen LogP contribution in [0.3, 0.4) is 0 Å². The normalized spacial score (nSPS) is 11.0. The van der Waals surface area contributed by atoms with Crippen LogP contribution in [0.5, 0.6) is 5.75 Å². The summed E-state index contributed by atoms with van der Waals surface area (Å²) in [6.45, 7) is 2.58. The molecule has 3 nitrogen and oxygen atoms in total. The molecule has 0 aliphatic carbocycles. The highest BCUT2D eigenvalue weighted by Crippen LogP contribution is 2.22. The van der Waals surface area contributed by atoms with Gasteiger partial charge in [0.05, 0.1) is 0 Å². The molecule has 0 amide bonds. The van der Waals surface area contributed by atoms with Crippen molar-refractivity contribution in [2.45, 2.75) is 13.0 Å². The molecule has 0 radical (unpaired) electrons. The Bertz CT molecular complexity index is 331. The molecule has 0 atom stereocenters. The number of benzene rings is 1. The SMILES string of the molecule is COCCCN(C)Cc1cc(O)ccc1Br. The Kier molecular flexibility index (Phi) is 5.80. The van der Waals surface area contributed by atoms with Gasteiger partial charge in [-0.1, -0.05) is 15.9 Å². The Balaban J connectivity index is 2.48. The summed E-state index contributed by atoms with van der Waals surface area (Å²) in [5.41, 5.74) is 1.10. The molecule has 1 aromatic carbocycles. The van der Waals surface area contributed by atoms with E-state index in [1.54, 1.807) is 19.2 Å². The lowest BCUT2D eigenvalue weighted by molar-refractivity contribution is 0.178. The molecule has 0 unspecified atom stereocenters. The second-order valence-electron chi connectivity index (χ2n) is 3.86. The molecule has 90 valence electrons. The summed E-state index contributed by atoms with van der Waals surface area (Å²) in [4.78, 5) is 2.21. The predicted molar refractivity (Wildman–Crippen MR) is 68.6 cm³/mol. The Labute approximate surface area is 105 Å². The fourth-order valence-corrected chi connectivity index (χ4v) is 1.90. The molecular formula is C12H18BrNO2. The van der Waals surface area contributed by atoms with E-state index in [9.17, 15) is 5.11 Å². The fraction of sp³-hybridized carbons (Fsp3) is 0.500. The van der Waals surface area contributed by atoms with E-state index >= 15 is 0 Å². The van der Waals surface area contributed by atoms with Gasteiger partial charge < -0.3 is 14.7 Å². The molecule has 4 heteroatoms. The quantitative estimate of drug-likeness (QED) is 0.817. The van der Waals surface area contributed by atoms with Crippen molar-refractivity contribution >= 4 is 15.9 Å². The number of phenols is 1. The smallest absolute Gasteiger partial charge is 0.115 e. The molecule has 1 N–H and O–H groups in total. The van der Waals surface area contributed by atoms with Gasteiger partial charge in [0.2, 0.25) is 0 Å². The number of phenolic OH excluding ortho intramolecular Hbond substituents is 1. The monoisotopic (exact) mass is 287 g/mol. The first-order chi connectivity index (χ1) is 7.63. The van der Waals surface area contributed by atoms with E-state index in [4.69, 9.17) is 4.74 Å². The van der Waals surface area contributed by atoms with Crippen LogP contribution in [0, 0.1) is 0 Å². The number of ether oxygens (including phenoxy) is 1. The fourth-order valence-electron chi connectivity index (χ4n) is 1.53. The van der Waals surface area contributed by atoms with E-state index in [2.05, 4.69) is 27.9 Å². The molecule has 1 aromatic rings. The van der Waals surface area contributed by atoms with E-state index in [-0.39, 0.29) is 0 Å². The van der Waals surface area contributed by atoms with Gasteiger partial charge in [0.1, 0.15) is 5.75 Å². The lowest BCUT2D eigenvalue weighted by Gasteiger charge is -2.17. The van der Waals surface area contributed by atoms with Crippen LogP contribution in [0.4, 0.5) is 0 Å². The average Bonchev–Trinajstić information content (AvgIpc) is 2.24. The van der Waals surface area contributed by atoms with Gasteiger partial charge in [-0.3, -0.25) is 0 Å². The van der Waals surface area contributed by atoms with Gasteiger partial charge in [0.25, 0.3) is 0 Å². The van der Waals surface area contributed by atoms with Crippen LogP contribution in [0.25, 0.3) is 0 Å². The molecular weight excluding hydrogens is 270 g/mol. The van der Waals surface area contributed by atoms with Crippen molar-refractivity contribution in [2.24, 2.45) is 0 Å². The van der Waals surface area contributed by atoms with Crippen LogP contribution in [-0.2, 0) is 11.3 Å². The van der Waals surface area contributed by atoms with Crippen LogP contribution < -0.4 is 0 Å². The molecule has 16 heavy (non-hydrogen) atoms. The van der Waals surface area contributed by atoms with Gasteiger partial charge in [-0.15, -0.1) is 0 Å². The van der Waals surface area contributed by atoms with E-state index in [0.717, 1.165) is 36.2 Å². The van der Waals surface area contributed by atoms with Crippen LogP contribution in [-0.4, -0.2) is 37.3 Å². The summed E-state index contributed by atoms with van der Waals surface area (Å²) in [6, 6.07) is 5.34. The molecule has 0 spiro atoms. The number of hydrogen-bond donors (Lipinski definition) is 1. The highest BCUT2D eigenvalue weighted by molar-refractivity contribution is 9.10. The first-order valence-electron chi connectivity index (χ1n) is 5.28. The molecule has 0 saturated heterocycles. The third-order valence-corrected chi connectivity index (χ3v) is 3.13. The van der Waals surface area contributed by atoms with Gasteiger partial charge in [-0.05, 0) is 37.2 Å². The summed E-state index contributed by atoms with van der Waals surface area (Å²) in [5.74, 6) is 0.309. The molecule has 0 heterocycles. The van der Waals surface area contributed by atoms with Crippen molar-refractivity contribution in [3.8, 4) is 5.75 Å². The second kappa shape index (κ2) is 6.89. The molecule has 0 aliphatic rings. The van der Waals surface area contributed by atoms with Crippen LogP contribution in [0.15, 0.2) is 22.7 Å². The Morgan fingerprint density at radius 3 is 2.88 bits per heavy atom. The van der Waals surface area contributed by atoms with E-state index in [1.165, 1.54) is 0 Å². The third kappa shape index (κ3) is 4.51. The average molecular weight is 288 g/mol. The summed E-state index contributed by atoms with van der Waals surface area (Å²) >= 11 is 3.48. The number of aromatic hydroxyl groups is 1. The van der Waals surface area contributed by atoms with Crippen molar-refractivity contribution in [2.75, 3.05) is 27.3 Å². The third-order valence-electron chi connectivity index (χ3n) is 2.36. The summed E-state index contributed by atoms with van der Waals surface area (Å²) in [6.07, 6.45) is 1.02. The Hall–Kier alpha value is -0.580. The number of methoxy groups -OCH3 is 1. The second-order valence-corrected chi connectivity index (χ2v) is 4.71. The van der Waals surface area contributed by atoms with Crippen molar-refractivity contribution in [1.29, 1.82) is 0 Å². The zero-order valence-corrected chi connectivity index (χ0v) is 11.3. The maximum absolute atomic E-state index is 9.41. The highest BCUT2D eigenvalue weighted by atomic mass is 79.9. The number of nitrogens with zero attached hydrogens (tertiary/aromatic N) is 1.